The van der Waals surface area contributed by atoms with Crippen molar-refractivity contribution in [1.82, 2.24) is 19.8 Å². The predicted molar refractivity (Wildman–Crippen MR) is 107 cm³/mol. The third-order valence-electron chi connectivity index (χ3n) is 7.10. The second kappa shape index (κ2) is 6.34. The molecular formula is C22H26N4O2. The molecule has 4 saturated heterocycles. The van der Waals surface area contributed by atoms with E-state index >= 15 is 0 Å². The van der Waals surface area contributed by atoms with Gasteiger partial charge in [-0.1, -0.05) is 0 Å². The number of nitrogens with one attached hydrogen (secondary N) is 1. The molecule has 7 rings (SSSR count). The van der Waals surface area contributed by atoms with Gasteiger partial charge in [0.05, 0.1) is 0 Å². The van der Waals surface area contributed by atoms with Crippen molar-refractivity contribution < 1.29 is 9.21 Å². The molecule has 1 aromatic carbocycles. The lowest BCUT2D eigenvalue weighted by Gasteiger charge is -2.44. The molecule has 1 N–H and O–H groups in total. The third-order valence-corrected chi connectivity index (χ3v) is 7.10. The summed E-state index contributed by atoms with van der Waals surface area (Å²) in [5, 5.41) is 1.24. The molecule has 0 aliphatic carbocycles. The van der Waals surface area contributed by atoms with Gasteiger partial charge in [-0.2, -0.15) is 0 Å². The number of H-pyrrole nitrogens is 1. The zero-order chi connectivity index (χ0) is 18.7. The lowest BCUT2D eigenvalue weighted by atomic mass is 9.75. The van der Waals surface area contributed by atoms with E-state index in [1.54, 1.807) is 0 Å². The van der Waals surface area contributed by atoms with Crippen molar-refractivity contribution in [2.24, 2.45) is 5.92 Å². The molecule has 2 bridgehead atoms. The number of aromatic nitrogens is 2. The molecule has 28 heavy (non-hydrogen) atoms. The van der Waals surface area contributed by atoms with E-state index in [1.807, 2.05) is 11.0 Å². The van der Waals surface area contributed by atoms with Crippen molar-refractivity contribution in [3.05, 3.63) is 29.8 Å². The minimum atomic E-state index is 0.258. The Hall–Kier alpha value is -2.34. The van der Waals surface area contributed by atoms with Gasteiger partial charge >= 0.3 is 0 Å². The number of hydrogen-bond donors (Lipinski definition) is 1. The zero-order valence-electron chi connectivity index (χ0n) is 16.1. The highest BCUT2D eigenvalue weighted by atomic mass is 16.3. The first-order chi connectivity index (χ1) is 13.8. The number of amides is 1. The first-order valence-corrected chi connectivity index (χ1v) is 10.7. The zero-order valence-corrected chi connectivity index (χ0v) is 16.1. The van der Waals surface area contributed by atoms with Crippen molar-refractivity contribution in [3.8, 4) is 0 Å². The van der Waals surface area contributed by atoms with Crippen molar-refractivity contribution >= 4 is 27.9 Å². The Balaban J connectivity index is 1.35. The smallest absolute Gasteiger partial charge is 0.222 e. The van der Waals surface area contributed by atoms with E-state index in [9.17, 15) is 4.79 Å². The molecule has 2 aromatic heterocycles. The van der Waals surface area contributed by atoms with Gasteiger partial charge in [0.25, 0.3) is 0 Å². The van der Waals surface area contributed by atoms with Crippen LogP contribution in [0.25, 0.3) is 22.0 Å². The standard InChI is InChI=1S/C22H26N4O2/c27-20-2-1-8-26(20)11-7-19-24-22-18(28-19)4-3-17-21(22)15(12-23-17)16-13-25-9-5-14(16)6-10-25/h3-4,12,14,16,23H,1-2,5-11,13H2. The van der Waals surface area contributed by atoms with E-state index in [0.717, 1.165) is 47.9 Å². The highest BCUT2D eigenvalue weighted by Gasteiger charge is 2.36. The Kier molecular flexibility index (Phi) is 3.76. The summed E-state index contributed by atoms with van der Waals surface area (Å²) >= 11 is 0. The van der Waals surface area contributed by atoms with Crippen LogP contribution in [-0.2, 0) is 11.2 Å². The second-order valence-corrected chi connectivity index (χ2v) is 8.67. The van der Waals surface area contributed by atoms with Crippen LogP contribution in [-0.4, -0.2) is 58.4 Å². The van der Waals surface area contributed by atoms with Gasteiger partial charge in [0.1, 0.15) is 5.52 Å². The number of aromatic amines is 1. The Morgan fingerprint density at radius 2 is 2.11 bits per heavy atom. The van der Waals surface area contributed by atoms with Crippen LogP contribution in [0.5, 0.6) is 0 Å². The van der Waals surface area contributed by atoms with E-state index in [-0.39, 0.29) is 5.91 Å². The van der Waals surface area contributed by atoms with Crippen molar-refractivity contribution in [1.29, 1.82) is 0 Å². The third kappa shape index (κ3) is 2.58. The average molecular weight is 378 g/mol. The normalized spacial score (nSPS) is 27.5. The Bertz CT molecular complexity index is 1040. The molecule has 6 nitrogen and oxygen atoms in total. The molecule has 0 radical (unpaired) electrons. The van der Waals surface area contributed by atoms with Crippen LogP contribution in [0, 0.1) is 5.92 Å². The Morgan fingerprint density at radius 1 is 1.21 bits per heavy atom. The van der Waals surface area contributed by atoms with Gasteiger partial charge < -0.3 is 19.2 Å². The summed E-state index contributed by atoms with van der Waals surface area (Å²) in [7, 11) is 0. The molecule has 6 heterocycles. The van der Waals surface area contributed by atoms with Gasteiger partial charge in [-0.15, -0.1) is 0 Å². The quantitative estimate of drug-likeness (QED) is 0.757. The molecule has 6 heteroatoms. The highest BCUT2D eigenvalue weighted by molar-refractivity contribution is 6.04. The van der Waals surface area contributed by atoms with E-state index < -0.39 is 0 Å². The van der Waals surface area contributed by atoms with Crippen LogP contribution in [0.3, 0.4) is 0 Å². The summed E-state index contributed by atoms with van der Waals surface area (Å²) in [6, 6.07) is 4.13. The molecule has 0 saturated carbocycles. The summed E-state index contributed by atoms with van der Waals surface area (Å²) in [6.07, 6.45) is 7.15. The first kappa shape index (κ1) is 16.6. The molecular weight excluding hydrogens is 352 g/mol. The second-order valence-electron chi connectivity index (χ2n) is 8.67. The number of oxazole rings is 1. The number of nitrogens with zero attached hydrogens (tertiary/aromatic N) is 3. The van der Waals surface area contributed by atoms with Crippen LogP contribution in [0.4, 0.5) is 0 Å². The molecule has 4 fully saturated rings. The average Bonchev–Trinajstić information content (AvgIpc) is 3.44. The number of carbonyl (C=O) groups is 1. The van der Waals surface area contributed by atoms with Crippen LogP contribution in [0.2, 0.25) is 0 Å². The fraction of sp³-hybridized carbons (Fsp3) is 0.545. The molecule has 0 spiro atoms. The van der Waals surface area contributed by atoms with E-state index in [4.69, 9.17) is 9.40 Å². The Morgan fingerprint density at radius 3 is 2.86 bits per heavy atom. The SMILES string of the molecule is O=C1CCCN1CCc1nc2c(ccc3[nH]cc(C4CN5CCC4CC5)c32)o1. The number of carbonyl (C=O) groups excluding carboxylic acids is 1. The molecule has 3 aromatic rings. The Labute approximate surface area is 163 Å². The number of hydrogen-bond acceptors (Lipinski definition) is 4. The first-order valence-electron chi connectivity index (χ1n) is 10.7. The van der Waals surface area contributed by atoms with Crippen LogP contribution < -0.4 is 0 Å². The van der Waals surface area contributed by atoms with Gasteiger partial charge in [-0.05, 0) is 56.0 Å². The number of piperidine rings is 3. The van der Waals surface area contributed by atoms with Gasteiger partial charge in [0.2, 0.25) is 5.91 Å². The molecule has 1 unspecified atom stereocenters. The summed E-state index contributed by atoms with van der Waals surface area (Å²) in [4.78, 5) is 24.7. The summed E-state index contributed by atoms with van der Waals surface area (Å²) in [6.45, 7) is 5.24. The number of benzene rings is 1. The maximum Gasteiger partial charge on any atom is 0.222 e. The minimum absolute atomic E-state index is 0.258. The van der Waals surface area contributed by atoms with Crippen molar-refractivity contribution in [3.63, 3.8) is 0 Å². The monoisotopic (exact) mass is 378 g/mol. The van der Waals surface area contributed by atoms with E-state index in [1.165, 1.54) is 36.9 Å². The summed E-state index contributed by atoms with van der Waals surface area (Å²) < 4.78 is 6.07. The van der Waals surface area contributed by atoms with Gasteiger partial charge in [-0.25, -0.2) is 4.98 Å². The largest absolute Gasteiger partial charge is 0.441 e. The highest BCUT2D eigenvalue weighted by Crippen LogP contribution is 2.42. The number of rotatable bonds is 4. The van der Waals surface area contributed by atoms with E-state index in [0.29, 0.717) is 25.3 Å². The summed E-state index contributed by atoms with van der Waals surface area (Å²) in [5.74, 6) is 2.37. The summed E-state index contributed by atoms with van der Waals surface area (Å²) in [5.41, 5.74) is 4.39. The molecule has 4 aliphatic rings. The van der Waals surface area contributed by atoms with E-state index in [2.05, 4.69) is 22.1 Å². The lowest BCUT2D eigenvalue weighted by molar-refractivity contribution is -0.127. The fourth-order valence-electron chi connectivity index (χ4n) is 5.57. The maximum absolute atomic E-state index is 11.9. The number of likely N-dealkylation sites (tertiary alicyclic amines) is 1. The van der Waals surface area contributed by atoms with Crippen LogP contribution >= 0.6 is 0 Å². The van der Waals surface area contributed by atoms with Gasteiger partial charge in [-0.3, -0.25) is 4.79 Å². The lowest BCUT2D eigenvalue weighted by Crippen LogP contribution is -2.46. The molecule has 1 amide bonds. The molecule has 4 aliphatic heterocycles. The van der Waals surface area contributed by atoms with Crippen molar-refractivity contribution in [2.75, 3.05) is 32.7 Å². The fourth-order valence-corrected chi connectivity index (χ4v) is 5.57. The predicted octanol–water partition coefficient (Wildman–Crippen LogP) is 3.28. The van der Waals surface area contributed by atoms with Crippen LogP contribution in [0.15, 0.2) is 22.7 Å². The van der Waals surface area contributed by atoms with Gasteiger partial charge in [0, 0.05) is 55.5 Å². The van der Waals surface area contributed by atoms with Crippen LogP contribution in [0.1, 0.15) is 43.1 Å². The minimum Gasteiger partial charge on any atom is -0.441 e. The topological polar surface area (TPSA) is 65.4 Å². The van der Waals surface area contributed by atoms with Gasteiger partial charge in [0.15, 0.2) is 11.5 Å². The molecule has 1 atom stereocenters. The maximum atomic E-state index is 11.9. The molecule has 146 valence electrons. The van der Waals surface area contributed by atoms with Crippen molar-refractivity contribution in [2.45, 2.75) is 38.0 Å². The number of fused-ring (bicyclic) bond motifs is 6.